The van der Waals surface area contributed by atoms with Gasteiger partial charge < -0.3 is 4.74 Å². The summed E-state index contributed by atoms with van der Waals surface area (Å²) in [6.45, 7) is 4.04. The molecule has 0 aliphatic rings. The molecule has 0 spiro atoms. The van der Waals surface area contributed by atoms with Gasteiger partial charge in [0, 0.05) is 17.1 Å². The van der Waals surface area contributed by atoms with Crippen molar-refractivity contribution in [3.63, 3.8) is 0 Å². The summed E-state index contributed by atoms with van der Waals surface area (Å²) in [5, 5.41) is 11.4. The maximum absolute atomic E-state index is 11.9. The first-order valence-electron chi connectivity index (χ1n) is 6.65. The molecule has 2 aromatic heterocycles. The van der Waals surface area contributed by atoms with E-state index in [9.17, 15) is 4.79 Å². The molecule has 106 valence electrons. The number of fused-ring (bicyclic) bond motifs is 1. The molecule has 0 radical (unpaired) electrons. The number of carbonyl (C=O) groups is 1. The summed E-state index contributed by atoms with van der Waals surface area (Å²) in [5.41, 5.74) is 3.42. The molecule has 0 unspecified atom stereocenters. The number of rotatable bonds is 3. The number of benzene rings is 1. The molecule has 0 bridgehead atoms. The number of nitrogens with zero attached hydrogens (tertiary/aromatic N) is 3. The summed E-state index contributed by atoms with van der Waals surface area (Å²) in [7, 11) is 0. The average molecular weight is 282 g/mol. The minimum atomic E-state index is -0.487. The number of aryl methyl sites for hydroxylation is 1. The van der Waals surface area contributed by atoms with Crippen LogP contribution >= 0.6 is 0 Å². The summed E-state index contributed by atoms with van der Waals surface area (Å²) < 4.78 is 5.01. The maximum Gasteiger partial charge on any atom is 0.361 e. The lowest BCUT2D eigenvalue weighted by atomic mass is 10.0. The summed E-state index contributed by atoms with van der Waals surface area (Å²) in [6.07, 6.45) is 1.74. The van der Waals surface area contributed by atoms with Gasteiger partial charge in [-0.25, -0.2) is 4.79 Å². The van der Waals surface area contributed by atoms with E-state index >= 15 is 0 Å². The molecular formula is C15H14N4O2. The predicted molar refractivity (Wildman–Crippen MR) is 77.8 cm³/mol. The molecule has 2 heterocycles. The molecule has 0 atom stereocenters. The lowest BCUT2D eigenvalue weighted by Crippen LogP contribution is -2.07. The first-order valence-corrected chi connectivity index (χ1v) is 6.65. The van der Waals surface area contributed by atoms with Crippen LogP contribution in [-0.2, 0) is 4.74 Å². The monoisotopic (exact) mass is 282 g/mol. The number of hydrogen-bond acceptors (Lipinski definition) is 5. The second kappa shape index (κ2) is 5.32. The maximum atomic E-state index is 11.9. The van der Waals surface area contributed by atoms with Gasteiger partial charge >= 0.3 is 5.97 Å². The van der Waals surface area contributed by atoms with Crippen molar-refractivity contribution in [2.45, 2.75) is 13.8 Å². The van der Waals surface area contributed by atoms with Crippen LogP contribution in [0.3, 0.4) is 0 Å². The van der Waals surface area contributed by atoms with E-state index in [-0.39, 0.29) is 5.69 Å². The first kappa shape index (κ1) is 13.2. The number of esters is 1. The van der Waals surface area contributed by atoms with Gasteiger partial charge in [0.25, 0.3) is 0 Å². The Morgan fingerprint density at radius 3 is 2.95 bits per heavy atom. The number of H-pyrrole nitrogens is 1. The Bertz CT molecular complexity index is 810. The lowest BCUT2D eigenvalue weighted by Gasteiger charge is -2.07. The largest absolute Gasteiger partial charge is 0.461 e. The van der Waals surface area contributed by atoms with E-state index in [1.54, 1.807) is 13.1 Å². The number of pyridine rings is 1. The molecule has 0 fully saturated rings. The number of aromatic nitrogens is 4. The summed E-state index contributed by atoms with van der Waals surface area (Å²) in [6, 6.07) is 7.68. The van der Waals surface area contributed by atoms with Crippen LogP contribution in [-0.4, -0.2) is 33.0 Å². The van der Waals surface area contributed by atoms with Crippen molar-refractivity contribution in [3.8, 4) is 11.3 Å². The number of nitrogens with one attached hydrogen (secondary N) is 1. The number of carbonyl (C=O) groups excluding carboxylic acids is 1. The summed E-state index contributed by atoms with van der Waals surface area (Å²) in [5.74, 6) is -0.487. The van der Waals surface area contributed by atoms with E-state index in [2.05, 4.69) is 20.4 Å². The van der Waals surface area contributed by atoms with Crippen molar-refractivity contribution in [2.24, 2.45) is 0 Å². The Hall–Kier alpha value is -2.76. The molecule has 1 N–H and O–H groups in total. The zero-order chi connectivity index (χ0) is 14.8. The Labute approximate surface area is 121 Å². The van der Waals surface area contributed by atoms with Gasteiger partial charge in [0.15, 0.2) is 5.69 Å². The van der Waals surface area contributed by atoms with Crippen LogP contribution in [0.15, 0.2) is 30.5 Å². The first-order chi connectivity index (χ1) is 10.2. The van der Waals surface area contributed by atoms with E-state index in [0.29, 0.717) is 12.3 Å². The molecule has 3 rings (SSSR count). The Kier molecular flexibility index (Phi) is 3.35. The van der Waals surface area contributed by atoms with Crippen molar-refractivity contribution in [3.05, 3.63) is 41.7 Å². The fourth-order valence-electron chi connectivity index (χ4n) is 2.28. The summed E-state index contributed by atoms with van der Waals surface area (Å²) in [4.78, 5) is 16.3. The number of aromatic amines is 1. The highest BCUT2D eigenvalue weighted by Crippen LogP contribution is 2.29. The van der Waals surface area contributed by atoms with Crippen LogP contribution in [0.5, 0.6) is 0 Å². The van der Waals surface area contributed by atoms with Gasteiger partial charge in [0.05, 0.1) is 12.1 Å². The highest BCUT2D eigenvalue weighted by Gasteiger charge is 2.20. The number of hydrogen-bond donors (Lipinski definition) is 1. The van der Waals surface area contributed by atoms with E-state index in [0.717, 1.165) is 22.0 Å². The molecule has 6 heteroatoms. The van der Waals surface area contributed by atoms with Crippen LogP contribution in [0.1, 0.15) is 23.0 Å². The molecule has 1 aromatic carbocycles. The van der Waals surface area contributed by atoms with Gasteiger partial charge in [0.2, 0.25) is 0 Å². The van der Waals surface area contributed by atoms with E-state index in [1.165, 1.54) is 0 Å². The Morgan fingerprint density at radius 1 is 1.29 bits per heavy atom. The third-order valence-electron chi connectivity index (χ3n) is 3.24. The quantitative estimate of drug-likeness (QED) is 0.746. The smallest absolute Gasteiger partial charge is 0.361 e. The van der Waals surface area contributed by atoms with Gasteiger partial charge in [-0.15, -0.1) is 5.10 Å². The van der Waals surface area contributed by atoms with Gasteiger partial charge in [-0.05, 0) is 25.5 Å². The van der Waals surface area contributed by atoms with E-state index < -0.39 is 5.97 Å². The van der Waals surface area contributed by atoms with E-state index in [1.807, 2.05) is 31.2 Å². The third-order valence-corrected chi connectivity index (χ3v) is 3.24. The molecule has 0 saturated heterocycles. The van der Waals surface area contributed by atoms with Crippen molar-refractivity contribution in [1.82, 2.24) is 20.4 Å². The molecule has 6 nitrogen and oxygen atoms in total. The SMILES string of the molecule is CCOC(=O)c1n[nH]nc1-c1ccc(C)c2ncccc12. The molecule has 21 heavy (non-hydrogen) atoms. The molecule has 0 aliphatic carbocycles. The van der Waals surface area contributed by atoms with Crippen LogP contribution in [0, 0.1) is 6.92 Å². The second-order valence-electron chi connectivity index (χ2n) is 4.57. The van der Waals surface area contributed by atoms with Gasteiger partial charge in [-0.1, -0.05) is 18.2 Å². The topological polar surface area (TPSA) is 80.8 Å². The van der Waals surface area contributed by atoms with Crippen LogP contribution in [0.2, 0.25) is 0 Å². The lowest BCUT2D eigenvalue weighted by molar-refractivity contribution is 0.0520. The molecule has 0 amide bonds. The Balaban J connectivity index is 2.21. The summed E-state index contributed by atoms with van der Waals surface area (Å²) >= 11 is 0. The fraction of sp³-hybridized carbons (Fsp3) is 0.200. The normalized spacial score (nSPS) is 10.8. The van der Waals surface area contributed by atoms with Gasteiger partial charge in [0.1, 0.15) is 5.69 Å². The zero-order valence-corrected chi connectivity index (χ0v) is 11.8. The Morgan fingerprint density at radius 2 is 2.14 bits per heavy atom. The standard InChI is InChI=1S/C15H14N4O2/c1-3-21-15(20)14-13(17-19-18-14)11-7-6-9(2)12-10(11)5-4-8-16-12/h4-8H,3H2,1-2H3,(H,17,18,19). The van der Waals surface area contributed by atoms with Crippen molar-refractivity contribution >= 4 is 16.9 Å². The fourth-order valence-corrected chi connectivity index (χ4v) is 2.28. The van der Waals surface area contributed by atoms with Crippen molar-refractivity contribution in [2.75, 3.05) is 6.61 Å². The minimum absolute atomic E-state index is 0.186. The molecule has 0 aliphatic heterocycles. The van der Waals surface area contributed by atoms with Crippen LogP contribution in [0.25, 0.3) is 22.2 Å². The second-order valence-corrected chi connectivity index (χ2v) is 4.57. The van der Waals surface area contributed by atoms with Crippen molar-refractivity contribution in [1.29, 1.82) is 0 Å². The van der Waals surface area contributed by atoms with Crippen LogP contribution < -0.4 is 0 Å². The minimum Gasteiger partial charge on any atom is -0.461 e. The number of ether oxygens (including phenoxy) is 1. The molecular weight excluding hydrogens is 268 g/mol. The van der Waals surface area contributed by atoms with E-state index in [4.69, 9.17) is 4.74 Å². The van der Waals surface area contributed by atoms with Gasteiger partial charge in [-0.2, -0.15) is 10.3 Å². The third kappa shape index (κ3) is 2.24. The predicted octanol–water partition coefficient (Wildman–Crippen LogP) is 2.51. The molecule has 3 aromatic rings. The molecule has 0 saturated carbocycles. The highest BCUT2D eigenvalue weighted by atomic mass is 16.5. The zero-order valence-electron chi connectivity index (χ0n) is 11.8. The van der Waals surface area contributed by atoms with Gasteiger partial charge in [-0.3, -0.25) is 4.98 Å². The average Bonchev–Trinajstić information content (AvgIpc) is 2.97. The highest BCUT2D eigenvalue weighted by molar-refractivity contribution is 6.01. The van der Waals surface area contributed by atoms with Crippen LogP contribution in [0.4, 0.5) is 0 Å². The van der Waals surface area contributed by atoms with Crippen molar-refractivity contribution < 1.29 is 9.53 Å².